The number of hydrogen-bond donors (Lipinski definition) is 1. The second-order valence-corrected chi connectivity index (χ2v) is 4.95. The molecule has 15 heavy (non-hydrogen) atoms. The van der Waals surface area contributed by atoms with Crippen molar-refractivity contribution in [3.63, 3.8) is 0 Å². The fraction of sp³-hybridized carbons (Fsp3) is 0.667. The minimum absolute atomic E-state index is 0.0377. The molecule has 0 amide bonds. The summed E-state index contributed by atoms with van der Waals surface area (Å²) in [6.45, 7) is 6.48. The number of ether oxygens (including phenoxy) is 1. The molecule has 0 aromatic carbocycles. The third kappa shape index (κ3) is 5.54. The second-order valence-electron chi connectivity index (χ2n) is 3.25. The lowest BCUT2D eigenvalue weighted by atomic mass is 10.2. The molecule has 1 atom stereocenters. The van der Waals surface area contributed by atoms with E-state index in [4.69, 9.17) is 9.29 Å². The fourth-order valence-electron chi connectivity index (χ4n) is 0.970. The molecular formula is C9H16O5S. The Labute approximate surface area is 89.9 Å². The van der Waals surface area contributed by atoms with E-state index in [1.165, 1.54) is 6.92 Å². The first kappa shape index (κ1) is 14.1. The highest BCUT2D eigenvalue weighted by Gasteiger charge is 2.21. The van der Waals surface area contributed by atoms with Crippen LogP contribution in [0.4, 0.5) is 0 Å². The Balaban J connectivity index is 4.05. The Hall–Kier alpha value is -0.880. The third-order valence-electron chi connectivity index (χ3n) is 1.90. The first-order chi connectivity index (χ1) is 6.79. The molecule has 0 radical (unpaired) electrons. The van der Waals surface area contributed by atoms with Gasteiger partial charge in [0.2, 0.25) is 0 Å². The number of rotatable bonds is 6. The highest BCUT2D eigenvalue weighted by atomic mass is 32.2. The minimum atomic E-state index is -4.05. The van der Waals surface area contributed by atoms with Gasteiger partial charge in [0.1, 0.15) is 0 Å². The van der Waals surface area contributed by atoms with E-state index in [1.807, 2.05) is 0 Å². The molecular weight excluding hydrogens is 220 g/mol. The Kier molecular flexibility index (Phi) is 5.53. The Morgan fingerprint density at radius 2 is 2.07 bits per heavy atom. The quantitative estimate of drug-likeness (QED) is 0.425. The van der Waals surface area contributed by atoms with Crippen LogP contribution in [0.1, 0.15) is 26.7 Å². The largest absolute Gasteiger partial charge is 0.462 e. The maximum absolute atomic E-state index is 10.9. The van der Waals surface area contributed by atoms with Crippen LogP contribution in [0.3, 0.4) is 0 Å². The zero-order chi connectivity index (χ0) is 12.1. The number of esters is 1. The summed E-state index contributed by atoms with van der Waals surface area (Å²) in [7, 11) is -4.05. The van der Waals surface area contributed by atoms with Crippen LogP contribution in [0.2, 0.25) is 0 Å². The lowest BCUT2D eigenvalue weighted by Crippen LogP contribution is -2.22. The van der Waals surface area contributed by atoms with Crippen LogP contribution in [0.5, 0.6) is 0 Å². The standard InChI is InChI=1S/C9H16O5S/c1-4-8(15(11,12)13)5-6-14-9(10)7(2)3/h8H,2,4-6H2,1,3H3,(H,11,12,13). The van der Waals surface area contributed by atoms with Crippen molar-refractivity contribution in [3.8, 4) is 0 Å². The van der Waals surface area contributed by atoms with Crippen molar-refractivity contribution in [2.24, 2.45) is 0 Å². The molecule has 0 spiro atoms. The average Bonchev–Trinajstić information content (AvgIpc) is 2.09. The maximum Gasteiger partial charge on any atom is 0.333 e. The second kappa shape index (κ2) is 5.87. The molecule has 0 aliphatic rings. The van der Waals surface area contributed by atoms with E-state index in [9.17, 15) is 13.2 Å². The summed E-state index contributed by atoms with van der Waals surface area (Å²) in [5, 5.41) is -0.879. The molecule has 0 aliphatic heterocycles. The summed E-state index contributed by atoms with van der Waals surface area (Å²) in [5.41, 5.74) is 0.259. The summed E-state index contributed by atoms with van der Waals surface area (Å²) >= 11 is 0. The first-order valence-corrected chi connectivity index (χ1v) is 6.08. The van der Waals surface area contributed by atoms with Gasteiger partial charge in [-0.3, -0.25) is 4.55 Å². The van der Waals surface area contributed by atoms with Crippen molar-refractivity contribution >= 4 is 16.1 Å². The summed E-state index contributed by atoms with van der Waals surface area (Å²) in [6, 6.07) is 0. The van der Waals surface area contributed by atoms with E-state index in [1.54, 1.807) is 6.92 Å². The highest BCUT2D eigenvalue weighted by Crippen LogP contribution is 2.09. The predicted molar refractivity (Wildman–Crippen MR) is 56.0 cm³/mol. The molecule has 0 rings (SSSR count). The smallest absolute Gasteiger partial charge is 0.333 e. The topological polar surface area (TPSA) is 80.7 Å². The van der Waals surface area contributed by atoms with Crippen LogP contribution < -0.4 is 0 Å². The third-order valence-corrected chi connectivity index (χ3v) is 3.31. The van der Waals surface area contributed by atoms with Crippen molar-refractivity contribution in [1.29, 1.82) is 0 Å². The summed E-state index contributed by atoms with van der Waals surface area (Å²) < 4.78 is 35.0. The van der Waals surface area contributed by atoms with Gasteiger partial charge in [0, 0.05) is 12.0 Å². The molecule has 0 aromatic heterocycles. The molecule has 5 nitrogen and oxygen atoms in total. The van der Waals surface area contributed by atoms with E-state index in [0.717, 1.165) is 0 Å². The van der Waals surface area contributed by atoms with Crippen molar-refractivity contribution in [1.82, 2.24) is 0 Å². The van der Waals surface area contributed by atoms with Gasteiger partial charge in [-0.05, 0) is 13.3 Å². The van der Waals surface area contributed by atoms with E-state index in [0.29, 0.717) is 0 Å². The van der Waals surface area contributed by atoms with Crippen molar-refractivity contribution in [3.05, 3.63) is 12.2 Å². The van der Waals surface area contributed by atoms with Gasteiger partial charge < -0.3 is 4.74 Å². The Bertz CT molecular complexity index is 330. The maximum atomic E-state index is 10.9. The Morgan fingerprint density at radius 3 is 2.40 bits per heavy atom. The molecule has 0 bridgehead atoms. The van der Waals surface area contributed by atoms with Crippen molar-refractivity contribution < 1.29 is 22.5 Å². The monoisotopic (exact) mass is 236 g/mol. The van der Waals surface area contributed by atoms with E-state index in [-0.39, 0.29) is 25.0 Å². The van der Waals surface area contributed by atoms with E-state index >= 15 is 0 Å². The van der Waals surface area contributed by atoms with Crippen LogP contribution in [0, 0.1) is 0 Å². The highest BCUT2D eigenvalue weighted by molar-refractivity contribution is 7.86. The molecule has 0 aromatic rings. The van der Waals surface area contributed by atoms with Crippen LogP contribution in [-0.4, -0.2) is 30.8 Å². The average molecular weight is 236 g/mol. The normalized spacial score (nSPS) is 13.3. The molecule has 1 unspecified atom stereocenters. The SMILES string of the molecule is C=C(C)C(=O)OCCC(CC)S(=O)(=O)O. The van der Waals surface area contributed by atoms with Crippen LogP contribution in [0.25, 0.3) is 0 Å². The number of carbonyl (C=O) groups excluding carboxylic acids is 1. The van der Waals surface area contributed by atoms with E-state index in [2.05, 4.69) is 6.58 Å². The van der Waals surface area contributed by atoms with Gasteiger partial charge in [0.15, 0.2) is 0 Å². The molecule has 6 heteroatoms. The molecule has 0 aliphatic carbocycles. The molecule has 0 saturated heterocycles. The van der Waals surface area contributed by atoms with Gasteiger partial charge in [0.05, 0.1) is 11.9 Å². The van der Waals surface area contributed by atoms with Crippen LogP contribution in [-0.2, 0) is 19.6 Å². The van der Waals surface area contributed by atoms with Gasteiger partial charge in [-0.2, -0.15) is 8.42 Å². The van der Waals surface area contributed by atoms with Crippen LogP contribution >= 0.6 is 0 Å². The van der Waals surface area contributed by atoms with Gasteiger partial charge in [-0.25, -0.2) is 4.79 Å². The molecule has 1 N–H and O–H groups in total. The zero-order valence-electron chi connectivity index (χ0n) is 8.89. The minimum Gasteiger partial charge on any atom is -0.462 e. The van der Waals surface area contributed by atoms with Gasteiger partial charge in [-0.1, -0.05) is 13.5 Å². The summed E-state index contributed by atoms with van der Waals surface area (Å²) in [6.07, 6.45) is 0.373. The first-order valence-electron chi connectivity index (χ1n) is 4.58. The van der Waals surface area contributed by atoms with Crippen molar-refractivity contribution in [2.75, 3.05) is 6.61 Å². The zero-order valence-corrected chi connectivity index (χ0v) is 9.71. The van der Waals surface area contributed by atoms with E-state index < -0.39 is 21.3 Å². The molecule has 0 saturated carbocycles. The summed E-state index contributed by atoms with van der Waals surface area (Å²) in [5.74, 6) is -0.555. The molecule has 0 heterocycles. The number of carbonyl (C=O) groups is 1. The van der Waals surface area contributed by atoms with Crippen LogP contribution in [0.15, 0.2) is 12.2 Å². The van der Waals surface area contributed by atoms with Gasteiger partial charge in [0.25, 0.3) is 10.1 Å². The fourth-order valence-corrected chi connectivity index (χ4v) is 1.79. The van der Waals surface area contributed by atoms with Gasteiger partial charge >= 0.3 is 5.97 Å². The molecule has 88 valence electrons. The summed E-state index contributed by atoms with van der Waals surface area (Å²) in [4.78, 5) is 10.9. The van der Waals surface area contributed by atoms with Crippen molar-refractivity contribution in [2.45, 2.75) is 31.9 Å². The van der Waals surface area contributed by atoms with Gasteiger partial charge in [-0.15, -0.1) is 0 Å². The predicted octanol–water partition coefficient (Wildman–Crippen LogP) is 1.16. The lowest BCUT2D eigenvalue weighted by Gasteiger charge is -2.11. The lowest BCUT2D eigenvalue weighted by molar-refractivity contribution is -0.139. The number of hydrogen-bond acceptors (Lipinski definition) is 4. The Morgan fingerprint density at radius 1 is 1.53 bits per heavy atom. The molecule has 0 fully saturated rings.